The van der Waals surface area contributed by atoms with Crippen molar-refractivity contribution < 1.29 is 14.3 Å². The lowest BCUT2D eigenvalue weighted by Gasteiger charge is -2.23. The fourth-order valence-electron chi connectivity index (χ4n) is 1.95. The molecule has 0 aromatic carbocycles. The molecular weight excluding hydrogens is 170 g/mol. The van der Waals surface area contributed by atoms with E-state index in [1.54, 1.807) is 0 Å². The van der Waals surface area contributed by atoms with E-state index in [0.29, 0.717) is 12.5 Å². The Kier molecular flexibility index (Phi) is 2.68. The molecule has 2 atom stereocenters. The van der Waals surface area contributed by atoms with Gasteiger partial charge in [0.2, 0.25) is 0 Å². The summed E-state index contributed by atoms with van der Waals surface area (Å²) in [5, 5.41) is 2.78. The summed E-state index contributed by atoms with van der Waals surface area (Å²) in [6.07, 6.45) is 3.08. The largest absolute Gasteiger partial charge is 0.447 e. The van der Waals surface area contributed by atoms with E-state index < -0.39 is 0 Å². The maximum Gasteiger partial charge on any atom is 0.407 e. The molecule has 0 radical (unpaired) electrons. The molecule has 2 fully saturated rings. The number of rotatable bonds is 2. The molecule has 2 heterocycles. The zero-order valence-electron chi connectivity index (χ0n) is 7.62. The Balaban J connectivity index is 1.73. The first kappa shape index (κ1) is 8.81. The second-order valence-corrected chi connectivity index (χ2v) is 3.76. The highest BCUT2D eigenvalue weighted by molar-refractivity contribution is 5.69. The second kappa shape index (κ2) is 3.96. The summed E-state index contributed by atoms with van der Waals surface area (Å²) in [6.45, 7) is 2.26. The van der Waals surface area contributed by atoms with Crippen molar-refractivity contribution in [2.75, 3.05) is 19.8 Å². The summed E-state index contributed by atoms with van der Waals surface area (Å²) in [5.74, 6) is 0.598. The van der Waals surface area contributed by atoms with Gasteiger partial charge in [0, 0.05) is 13.2 Å². The van der Waals surface area contributed by atoms with Crippen molar-refractivity contribution >= 4 is 6.09 Å². The van der Waals surface area contributed by atoms with Crippen LogP contribution >= 0.6 is 0 Å². The van der Waals surface area contributed by atoms with Crippen LogP contribution in [0, 0.1) is 5.92 Å². The van der Waals surface area contributed by atoms with Crippen molar-refractivity contribution in [3.05, 3.63) is 0 Å². The van der Waals surface area contributed by atoms with E-state index >= 15 is 0 Å². The molecule has 0 saturated carbocycles. The van der Waals surface area contributed by atoms with Gasteiger partial charge in [-0.25, -0.2) is 4.79 Å². The summed E-state index contributed by atoms with van der Waals surface area (Å²) in [7, 11) is 0. The first-order chi connectivity index (χ1) is 6.34. The monoisotopic (exact) mass is 185 g/mol. The van der Waals surface area contributed by atoms with Crippen molar-refractivity contribution in [1.29, 1.82) is 0 Å². The number of hydrogen-bond donors (Lipinski definition) is 1. The highest BCUT2D eigenvalue weighted by atomic mass is 16.6. The van der Waals surface area contributed by atoms with Crippen LogP contribution in [0.25, 0.3) is 0 Å². The Morgan fingerprint density at radius 2 is 2.38 bits per heavy atom. The van der Waals surface area contributed by atoms with Gasteiger partial charge in [-0.15, -0.1) is 0 Å². The molecule has 1 N–H and O–H groups in total. The molecule has 0 aromatic rings. The molecule has 4 nitrogen and oxygen atoms in total. The first-order valence-electron chi connectivity index (χ1n) is 4.85. The van der Waals surface area contributed by atoms with Gasteiger partial charge < -0.3 is 14.8 Å². The minimum Gasteiger partial charge on any atom is -0.447 e. The van der Waals surface area contributed by atoms with Gasteiger partial charge in [-0.05, 0) is 25.2 Å². The van der Waals surface area contributed by atoms with Gasteiger partial charge in [0.05, 0.1) is 6.04 Å². The van der Waals surface area contributed by atoms with Crippen LogP contribution in [-0.2, 0) is 9.47 Å². The lowest BCUT2D eigenvalue weighted by Crippen LogP contribution is -2.31. The molecule has 0 aliphatic carbocycles. The fourth-order valence-corrected chi connectivity index (χ4v) is 1.95. The normalized spacial score (nSPS) is 34.0. The van der Waals surface area contributed by atoms with Crippen LogP contribution in [0.2, 0.25) is 0 Å². The van der Waals surface area contributed by atoms with Crippen LogP contribution in [0.3, 0.4) is 0 Å². The van der Waals surface area contributed by atoms with Crippen molar-refractivity contribution in [1.82, 2.24) is 5.32 Å². The molecule has 2 saturated heterocycles. The minimum atomic E-state index is -0.276. The Hall–Kier alpha value is -0.770. The molecule has 0 bridgehead atoms. The molecule has 1 amide bonds. The molecule has 13 heavy (non-hydrogen) atoms. The van der Waals surface area contributed by atoms with Crippen LogP contribution in [0.1, 0.15) is 19.3 Å². The summed E-state index contributed by atoms with van der Waals surface area (Å²) < 4.78 is 10.2. The van der Waals surface area contributed by atoms with Gasteiger partial charge in [-0.1, -0.05) is 0 Å². The van der Waals surface area contributed by atoms with Crippen molar-refractivity contribution in [2.45, 2.75) is 25.3 Å². The number of hydrogen-bond acceptors (Lipinski definition) is 3. The number of cyclic esters (lactones) is 1. The van der Waals surface area contributed by atoms with Gasteiger partial charge in [0.25, 0.3) is 0 Å². The van der Waals surface area contributed by atoms with E-state index in [1.807, 2.05) is 0 Å². The lowest BCUT2D eigenvalue weighted by atomic mass is 9.95. The number of ether oxygens (including phenoxy) is 2. The Morgan fingerprint density at radius 1 is 1.46 bits per heavy atom. The summed E-state index contributed by atoms with van der Waals surface area (Å²) in [4.78, 5) is 10.7. The molecule has 74 valence electrons. The average Bonchev–Trinajstić information content (AvgIpc) is 2.53. The van der Waals surface area contributed by atoms with Gasteiger partial charge in [-0.3, -0.25) is 0 Å². The predicted molar refractivity (Wildman–Crippen MR) is 46.4 cm³/mol. The van der Waals surface area contributed by atoms with Crippen molar-refractivity contribution in [3.63, 3.8) is 0 Å². The predicted octanol–water partition coefficient (Wildman–Crippen LogP) is 0.911. The number of carbonyl (C=O) groups is 1. The van der Waals surface area contributed by atoms with Crippen LogP contribution in [0.15, 0.2) is 0 Å². The molecule has 4 heteroatoms. The number of amides is 1. The third-order valence-corrected chi connectivity index (χ3v) is 2.61. The quantitative estimate of drug-likeness (QED) is 0.695. The van der Waals surface area contributed by atoms with Gasteiger partial charge >= 0.3 is 6.09 Å². The van der Waals surface area contributed by atoms with Gasteiger partial charge in [-0.2, -0.15) is 0 Å². The standard InChI is InChI=1S/C9H15NO3/c11-9-10-8(6-13-9)4-7-2-1-3-12-5-7/h7-8H,1-6H2,(H,10,11). The van der Waals surface area contributed by atoms with Crippen LogP contribution < -0.4 is 5.32 Å². The molecule has 0 aromatic heterocycles. The molecule has 2 rings (SSSR count). The highest BCUT2D eigenvalue weighted by Crippen LogP contribution is 2.20. The van der Waals surface area contributed by atoms with E-state index in [9.17, 15) is 4.79 Å². The Labute approximate surface area is 77.6 Å². The lowest BCUT2D eigenvalue weighted by molar-refractivity contribution is 0.0478. The summed E-state index contributed by atoms with van der Waals surface area (Å²) in [5.41, 5.74) is 0. The average molecular weight is 185 g/mol. The topological polar surface area (TPSA) is 47.6 Å². The zero-order valence-corrected chi connectivity index (χ0v) is 7.62. The number of nitrogens with one attached hydrogen (secondary N) is 1. The van der Waals surface area contributed by atoms with Crippen molar-refractivity contribution in [2.24, 2.45) is 5.92 Å². The van der Waals surface area contributed by atoms with Gasteiger partial charge in [0.1, 0.15) is 6.61 Å². The number of carbonyl (C=O) groups excluding carboxylic acids is 1. The molecule has 2 aliphatic rings. The molecular formula is C9H15NO3. The molecule has 0 spiro atoms. The highest BCUT2D eigenvalue weighted by Gasteiger charge is 2.26. The van der Waals surface area contributed by atoms with E-state index in [1.165, 1.54) is 6.42 Å². The Bertz CT molecular complexity index is 189. The summed E-state index contributed by atoms with van der Waals surface area (Å²) in [6, 6.07) is 0.208. The molecule has 2 unspecified atom stereocenters. The van der Waals surface area contributed by atoms with Crippen molar-refractivity contribution in [3.8, 4) is 0 Å². The SMILES string of the molecule is O=C1NC(CC2CCCOC2)CO1. The third kappa shape index (κ3) is 2.34. The van der Waals surface area contributed by atoms with E-state index in [0.717, 1.165) is 26.1 Å². The Morgan fingerprint density at radius 3 is 3.00 bits per heavy atom. The first-order valence-corrected chi connectivity index (χ1v) is 4.85. The van der Waals surface area contributed by atoms with Gasteiger partial charge in [0.15, 0.2) is 0 Å². The van der Waals surface area contributed by atoms with Crippen LogP contribution in [0.4, 0.5) is 4.79 Å². The van der Waals surface area contributed by atoms with E-state index in [-0.39, 0.29) is 12.1 Å². The van der Waals surface area contributed by atoms with E-state index in [4.69, 9.17) is 9.47 Å². The minimum absolute atomic E-state index is 0.208. The number of alkyl carbamates (subject to hydrolysis) is 1. The maximum absolute atomic E-state index is 10.7. The maximum atomic E-state index is 10.7. The molecule has 2 aliphatic heterocycles. The van der Waals surface area contributed by atoms with E-state index in [2.05, 4.69) is 5.32 Å². The van der Waals surface area contributed by atoms with Crippen LogP contribution in [0.5, 0.6) is 0 Å². The zero-order chi connectivity index (χ0) is 9.10. The third-order valence-electron chi connectivity index (χ3n) is 2.61. The van der Waals surface area contributed by atoms with Crippen LogP contribution in [-0.4, -0.2) is 32.0 Å². The smallest absolute Gasteiger partial charge is 0.407 e. The summed E-state index contributed by atoms with van der Waals surface area (Å²) >= 11 is 0. The second-order valence-electron chi connectivity index (χ2n) is 3.76. The fraction of sp³-hybridized carbons (Fsp3) is 0.889.